The molecule has 1 aromatic carbocycles. The molecule has 1 fully saturated rings. The number of sulfonamides is 1. The molecule has 2 atom stereocenters. The SMILES string of the molecule is COC(=O)[C@@H]1C[C@@H](NS(=O)(=O)C=Cc2ccccc2)CN1C. The summed E-state index contributed by atoms with van der Waals surface area (Å²) in [4.78, 5) is 13.4. The molecular weight excluding hydrogens is 304 g/mol. The highest BCUT2D eigenvalue weighted by Gasteiger charge is 2.36. The predicted octanol–water partition coefficient (Wildman–Crippen LogP) is 0.822. The van der Waals surface area contributed by atoms with Gasteiger partial charge in [-0.3, -0.25) is 9.69 Å². The van der Waals surface area contributed by atoms with Gasteiger partial charge in [0, 0.05) is 18.0 Å². The maximum atomic E-state index is 12.1. The highest BCUT2D eigenvalue weighted by Crippen LogP contribution is 2.18. The molecule has 7 heteroatoms. The van der Waals surface area contributed by atoms with Crippen LogP contribution in [0.15, 0.2) is 35.7 Å². The van der Waals surface area contributed by atoms with E-state index in [4.69, 9.17) is 4.74 Å². The monoisotopic (exact) mass is 324 g/mol. The molecule has 0 aliphatic carbocycles. The molecule has 6 nitrogen and oxygen atoms in total. The number of esters is 1. The smallest absolute Gasteiger partial charge is 0.323 e. The zero-order chi connectivity index (χ0) is 16.2. The van der Waals surface area contributed by atoms with Crippen LogP contribution in [0.25, 0.3) is 6.08 Å². The molecule has 1 aromatic rings. The van der Waals surface area contributed by atoms with Crippen LogP contribution in [0.1, 0.15) is 12.0 Å². The van der Waals surface area contributed by atoms with E-state index in [-0.39, 0.29) is 12.0 Å². The van der Waals surface area contributed by atoms with Gasteiger partial charge in [0.05, 0.1) is 7.11 Å². The fourth-order valence-electron chi connectivity index (χ4n) is 2.50. The molecule has 0 aromatic heterocycles. The summed E-state index contributed by atoms with van der Waals surface area (Å²) < 4.78 is 31.5. The van der Waals surface area contributed by atoms with Crippen molar-refractivity contribution in [2.75, 3.05) is 20.7 Å². The average Bonchev–Trinajstić information content (AvgIpc) is 2.85. The van der Waals surface area contributed by atoms with Gasteiger partial charge in [-0.1, -0.05) is 30.3 Å². The third-order valence-electron chi connectivity index (χ3n) is 3.59. The quantitative estimate of drug-likeness (QED) is 0.812. The van der Waals surface area contributed by atoms with E-state index in [2.05, 4.69) is 4.72 Å². The Hall–Kier alpha value is -1.70. The molecule has 120 valence electrons. The largest absolute Gasteiger partial charge is 0.468 e. The highest BCUT2D eigenvalue weighted by atomic mass is 32.2. The molecule has 2 rings (SSSR count). The Labute approximate surface area is 130 Å². The van der Waals surface area contributed by atoms with E-state index in [0.29, 0.717) is 13.0 Å². The third kappa shape index (κ3) is 4.40. The van der Waals surface area contributed by atoms with E-state index in [1.807, 2.05) is 30.3 Å². The number of nitrogens with one attached hydrogen (secondary N) is 1. The Bertz CT molecular complexity index is 643. The summed E-state index contributed by atoms with van der Waals surface area (Å²) in [6, 6.07) is 8.48. The first kappa shape index (κ1) is 16.7. The Morgan fingerprint density at radius 3 is 2.68 bits per heavy atom. The molecule has 0 unspecified atom stereocenters. The molecule has 0 amide bonds. The van der Waals surface area contributed by atoms with Gasteiger partial charge in [-0.05, 0) is 25.1 Å². The summed E-state index contributed by atoms with van der Waals surface area (Å²) in [5.74, 6) is -0.343. The highest BCUT2D eigenvalue weighted by molar-refractivity contribution is 7.92. The molecule has 0 saturated carbocycles. The average molecular weight is 324 g/mol. The molecule has 0 spiro atoms. The molecule has 0 bridgehead atoms. The van der Waals surface area contributed by atoms with Crippen molar-refractivity contribution in [3.63, 3.8) is 0 Å². The van der Waals surface area contributed by atoms with Crippen LogP contribution in [-0.4, -0.2) is 52.1 Å². The first-order chi connectivity index (χ1) is 10.4. The number of carbonyl (C=O) groups excluding carboxylic acids is 1. The van der Waals surface area contributed by atoms with Crippen molar-refractivity contribution in [2.24, 2.45) is 0 Å². The lowest BCUT2D eigenvalue weighted by atomic mass is 10.2. The van der Waals surface area contributed by atoms with Gasteiger partial charge >= 0.3 is 5.97 Å². The summed E-state index contributed by atoms with van der Waals surface area (Å²) in [5.41, 5.74) is 0.809. The van der Waals surface area contributed by atoms with Crippen LogP contribution in [0.5, 0.6) is 0 Å². The van der Waals surface area contributed by atoms with Crippen molar-refractivity contribution < 1.29 is 17.9 Å². The second kappa shape index (κ2) is 7.04. The molecule has 1 saturated heterocycles. The van der Waals surface area contributed by atoms with Crippen LogP contribution in [0.3, 0.4) is 0 Å². The summed E-state index contributed by atoms with van der Waals surface area (Å²) in [6.45, 7) is 0.470. The maximum Gasteiger partial charge on any atom is 0.323 e. The van der Waals surface area contributed by atoms with Crippen molar-refractivity contribution in [3.05, 3.63) is 41.3 Å². The van der Waals surface area contributed by atoms with Crippen LogP contribution in [0.2, 0.25) is 0 Å². The lowest BCUT2D eigenvalue weighted by Crippen LogP contribution is -2.35. The Kier molecular flexibility index (Phi) is 5.33. The Morgan fingerprint density at radius 1 is 1.36 bits per heavy atom. The third-order valence-corrected chi connectivity index (χ3v) is 4.75. The predicted molar refractivity (Wildman–Crippen MR) is 84.4 cm³/mol. The lowest BCUT2D eigenvalue weighted by Gasteiger charge is -2.15. The standard InChI is InChI=1S/C15H20N2O4S/c1-17-11-13(10-14(17)15(18)21-2)16-22(19,20)9-8-12-6-4-3-5-7-12/h3-9,13-14,16H,10-11H2,1-2H3/t13-,14+/m1/s1. The Morgan fingerprint density at radius 2 is 2.05 bits per heavy atom. The number of rotatable bonds is 5. The van der Waals surface area contributed by atoms with Gasteiger partial charge < -0.3 is 4.74 Å². The second-order valence-corrected chi connectivity index (χ2v) is 6.89. The number of hydrogen-bond donors (Lipinski definition) is 1. The number of carbonyl (C=O) groups is 1. The number of likely N-dealkylation sites (tertiary alicyclic amines) is 1. The van der Waals surface area contributed by atoms with Crippen LogP contribution < -0.4 is 4.72 Å². The van der Waals surface area contributed by atoms with E-state index in [9.17, 15) is 13.2 Å². The van der Waals surface area contributed by atoms with Crippen LogP contribution >= 0.6 is 0 Å². The molecule has 1 N–H and O–H groups in total. The number of benzene rings is 1. The van der Waals surface area contributed by atoms with Crippen molar-refractivity contribution in [2.45, 2.75) is 18.5 Å². The number of likely N-dealkylation sites (N-methyl/N-ethyl adjacent to an activating group) is 1. The van der Waals surface area contributed by atoms with Crippen molar-refractivity contribution >= 4 is 22.1 Å². The number of hydrogen-bond acceptors (Lipinski definition) is 5. The van der Waals surface area contributed by atoms with E-state index in [0.717, 1.165) is 11.0 Å². The van der Waals surface area contributed by atoms with Gasteiger partial charge in [-0.15, -0.1) is 0 Å². The molecule has 22 heavy (non-hydrogen) atoms. The van der Waals surface area contributed by atoms with Gasteiger partial charge in [-0.25, -0.2) is 13.1 Å². The summed E-state index contributed by atoms with van der Waals surface area (Å²) in [5, 5.41) is 1.15. The van der Waals surface area contributed by atoms with Crippen molar-refractivity contribution in [1.82, 2.24) is 9.62 Å². The van der Waals surface area contributed by atoms with E-state index in [1.54, 1.807) is 18.0 Å². The fourth-order valence-corrected chi connectivity index (χ4v) is 3.55. The maximum absolute atomic E-state index is 12.1. The first-order valence-electron chi connectivity index (χ1n) is 6.95. The topological polar surface area (TPSA) is 75.7 Å². The van der Waals surface area contributed by atoms with E-state index >= 15 is 0 Å². The minimum absolute atomic E-state index is 0.306. The van der Waals surface area contributed by atoms with Gasteiger partial charge in [-0.2, -0.15) is 0 Å². The van der Waals surface area contributed by atoms with Gasteiger partial charge in [0.25, 0.3) is 0 Å². The number of ether oxygens (including phenoxy) is 1. The summed E-state index contributed by atoms with van der Waals surface area (Å²) >= 11 is 0. The Balaban J connectivity index is 1.98. The number of methoxy groups -OCH3 is 1. The minimum Gasteiger partial charge on any atom is -0.468 e. The van der Waals surface area contributed by atoms with Gasteiger partial charge in [0.1, 0.15) is 6.04 Å². The number of nitrogens with zero attached hydrogens (tertiary/aromatic N) is 1. The first-order valence-corrected chi connectivity index (χ1v) is 8.49. The van der Waals surface area contributed by atoms with E-state index in [1.165, 1.54) is 7.11 Å². The molecule has 1 aliphatic heterocycles. The van der Waals surface area contributed by atoms with Crippen molar-refractivity contribution in [3.8, 4) is 0 Å². The van der Waals surface area contributed by atoms with Crippen LogP contribution in [0, 0.1) is 0 Å². The summed E-state index contributed by atoms with van der Waals surface area (Å²) in [6.07, 6.45) is 1.94. The molecular formula is C15H20N2O4S. The zero-order valence-corrected chi connectivity index (χ0v) is 13.4. The van der Waals surface area contributed by atoms with Gasteiger partial charge in [0.2, 0.25) is 10.0 Å². The summed E-state index contributed by atoms with van der Waals surface area (Å²) in [7, 11) is -0.449. The molecule has 0 radical (unpaired) electrons. The minimum atomic E-state index is -3.55. The molecule has 1 aliphatic rings. The van der Waals surface area contributed by atoms with Crippen LogP contribution in [-0.2, 0) is 19.6 Å². The van der Waals surface area contributed by atoms with E-state index < -0.39 is 16.1 Å². The van der Waals surface area contributed by atoms with Crippen LogP contribution in [0.4, 0.5) is 0 Å². The lowest BCUT2D eigenvalue weighted by molar-refractivity contribution is -0.145. The normalized spacial score (nSPS) is 23.0. The zero-order valence-electron chi connectivity index (χ0n) is 12.6. The van der Waals surface area contributed by atoms with Gasteiger partial charge in [0.15, 0.2) is 0 Å². The second-order valence-electron chi connectivity index (χ2n) is 5.29. The van der Waals surface area contributed by atoms with Crippen molar-refractivity contribution in [1.29, 1.82) is 0 Å². The fraction of sp³-hybridized carbons (Fsp3) is 0.400. The molecule has 1 heterocycles.